The number of esters is 1. The number of pyridine rings is 1. The second-order valence-corrected chi connectivity index (χ2v) is 9.32. The normalized spacial score (nSPS) is 15.9. The zero-order valence-electron chi connectivity index (χ0n) is 18.5. The monoisotopic (exact) mass is 570 g/mol. The number of benzene rings is 1. The topological polar surface area (TPSA) is 107 Å². The van der Waals surface area contributed by atoms with E-state index in [0.29, 0.717) is 29.3 Å². The molecule has 1 aliphatic rings. The maximum Gasteiger partial charge on any atom is 0.327 e. The van der Waals surface area contributed by atoms with Gasteiger partial charge in [0.05, 0.1) is 23.3 Å². The first-order chi connectivity index (χ1) is 16.8. The number of anilines is 1. The van der Waals surface area contributed by atoms with E-state index in [1.165, 1.54) is 16.4 Å². The SMILES string of the molecule is CCOC(=O)Cn1ncc2c1CCCC2N(c1ccc(Br)c(Oc2ccc(F)c(F)c2)n1)S(=O)O. The van der Waals surface area contributed by atoms with Gasteiger partial charge in [-0.1, -0.05) is 0 Å². The molecule has 0 spiro atoms. The third kappa shape index (κ3) is 5.52. The van der Waals surface area contributed by atoms with Gasteiger partial charge in [-0.2, -0.15) is 10.1 Å². The van der Waals surface area contributed by atoms with E-state index in [1.54, 1.807) is 23.9 Å². The van der Waals surface area contributed by atoms with Gasteiger partial charge in [0.25, 0.3) is 11.3 Å². The van der Waals surface area contributed by atoms with E-state index >= 15 is 0 Å². The van der Waals surface area contributed by atoms with Gasteiger partial charge in [0, 0.05) is 17.3 Å². The Morgan fingerprint density at radius 3 is 2.83 bits per heavy atom. The quantitative estimate of drug-likeness (QED) is 0.309. The molecule has 0 saturated carbocycles. The lowest BCUT2D eigenvalue weighted by Gasteiger charge is -2.32. The minimum atomic E-state index is -2.47. The summed E-state index contributed by atoms with van der Waals surface area (Å²) in [5.41, 5.74) is 1.48. The molecule has 186 valence electrons. The van der Waals surface area contributed by atoms with Crippen LogP contribution in [0.15, 0.2) is 41.0 Å². The van der Waals surface area contributed by atoms with E-state index in [9.17, 15) is 22.3 Å². The van der Waals surface area contributed by atoms with Crippen molar-refractivity contribution in [1.29, 1.82) is 0 Å². The van der Waals surface area contributed by atoms with Crippen molar-refractivity contribution in [3.8, 4) is 11.6 Å². The molecule has 0 bridgehead atoms. The first kappa shape index (κ1) is 25.2. The van der Waals surface area contributed by atoms with Crippen LogP contribution >= 0.6 is 15.9 Å². The van der Waals surface area contributed by atoms with E-state index in [1.807, 2.05) is 0 Å². The van der Waals surface area contributed by atoms with Crippen LogP contribution in [0.1, 0.15) is 37.1 Å². The second kappa shape index (κ2) is 10.8. The summed E-state index contributed by atoms with van der Waals surface area (Å²) in [6, 6.07) is 5.61. The number of carbonyl (C=O) groups is 1. The van der Waals surface area contributed by atoms with Gasteiger partial charge in [-0.25, -0.2) is 17.3 Å². The van der Waals surface area contributed by atoms with Crippen molar-refractivity contribution >= 4 is 39.0 Å². The molecular formula is C22H21BrF2N4O5S. The molecule has 2 atom stereocenters. The summed E-state index contributed by atoms with van der Waals surface area (Å²) in [5.74, 6) is -2.39. The van der Waals surface area contributed by atoms with Crippen LogP contribution in [0, 0.1) is 11.6 Å². The van der Waals surface area contributed by atoms with Crippen LogP contribution in [0.5, 0.6) is 11.6 Å². The predicted molar refractivity (Wildman–Crippen MR) is 126 cm³/mol. The number of nitrogens with zero attached hydrogens (tertiary/aromatic N) is 4. The predicted octanol–water partition coefficient (Wildman–Crippen LogP) is 4.69. The molecule has 9 nitrogen and oxygen atoms in total. The van der Waals surface area contributed by atoms with Crippen LogP contribution in [0.4, 0.5) is 14.6 Å². The Kier molecular flexibility index (Phi) is 7.77. The molecule has 0 fully saturated rings. The standard InChI is InChI=1S/C22H21BrF2N4O5S/c1-2-33-21(30)12-28-18-4-3-5-19(14(18)11-26-28)29(35(31)32)20-9-7-15(23)22(27-20)34-13-6-8-16(24)17(25)10-13/h6-11,19H,2-5,12H2,1H3,(H,31,32). The zero-order chi connectivity index (χ0) is 25.1. The maximum atomic E-state index is 13.6. The fourth-order valence-electron chi connectivity index (χ4n) is 3.91. The molecule has 35 heavy (non-hydrogen) atoms. The van der Waals surface area contributed by atoms with E-state index in [2.05, 4.69) is 26.0 Å². The Morgan fingerprint density at radius 2 is 2.11 bits per heavy atom. The number of rotatable bonds is 8. The van der Waals surface area contributed by atoms with Gasteiger partial charge < -0.3 is 9.47 Å². The summed E-state index contributed by atoms with van der Waals surface area (Å²) >= 11 is 0.828. The van der Waals surface area contributed by atoms with Crippen molar-refractivity contribution in [1.82, 2.24) is 14.8 Å². The minimum absolute atomic E-state index is 0.00185. The highest BCUT2D eigenvalue weighted by Crippen LogP contribution is 2.39. The Balaban J connectivity index is 1.66. The smallest absolute Gasteiger partial charge is 0.327 e. The van der Waals surface area contributed by atoms with Gasteiger partial charge in [-0.15, -0.1) is 0 Å². The molecular weight excluding hydrogens is 550 g/mol. The lowest BCUT2D eigenvalue weighted by Crippen LogP contribution is -2.33. The van der Waals surface area contributed by atoms with Gasteiger partial charge in [0.15, 0.2) is 11.6 Å². The van der Waals surface area contributed by atoms with Crippen molar-refractivity contribution in [2.45, 2.75) is 38.8 Å². The molecule has 0 aliphatic heterocycles. The van der Waals surface area contributed by atoms with Gasteiger partial charge in [0.1, 0.15) is 18.1 Å². The average Bonchev–Trinajstić information content (AvgIpc) is 3.22. The Bertz CT molecular complexity index is 1270. The first-order valence-corrected chi connectivity index (χ1v) is 12.5. The largest absolute Gasteiger partial charge is 0.465 e. The molecule has 0 saturated heterocycles. The Labute approximate surface area is 210 Å². The molecule has 3 aromatic rings. The lowest BCUT2D eigenvalue weighted by atomic mass is 9.93. The van der Waals surface area contributed by atoms with Crippen molar-refractivity contribution in [2.24, 2.45) is 0 Å². The molecule has 4 rings (SSSR count). The summed E-state index contributed by atoms with van der Waals surface area (Å²) in [6.07, 6.45) is 3.46. The number of carbonyl (C=O) groups excluding carboxylic acids is 1. The molecule has 2 aromatic heterocycles. The number of aromatic nitrogens is 3. The maximum absolute atomic E-state index is 13.6. The van der Waals surface area contributed by atoms with E-state index in [-0.39, 0.29) is 30.6 Å². The highest BCUT2D eigenvalue weighted by molar-refractivity contribution is 9.10. The highest BCUT2D eigenvalue weighted by atomic mass is 79.9. The summed E-state index contributed by atoms with van der Waals surface area (Å²) in [6.45, 7) is 1.92. The van der Waals surface area contributed by atoms with Crippen LogP contribution in [0.25, 0.3) is 0 Å². The zero-order valence-corrected chi connectivity index (χ0v) is 20.9. The van der Waals surface area contributed by atoms with E-state index in [0.717, 1.165) is 17.8 Å². The third-order valence-corrected chi connectivity index (χ3v) is 6.78. The number of ether oxygens (including phenoxy) is 2. The van der Waals surface area contributed by atoms with Gasteiger partial charge in [0.2, 0.25) is 5.88 Å². The van der Waals surface area contributed by atoms with Crippen molar-refractivity contribution in [2.75, 3.05) is 10.9 Å². The Morgan fingerprint density at radius 1 is 1.31 bits per heavy atom. The van der Waals surface area contributed by atoms with Gasteiger partial charge in [-0.3, -0.25) is 14.0 Å². The number of halogens is 3. The van der Waals surface area contributed by atoms with Crippen LogP contribution in [0.2, 0.25) is 0 Å². The minimum Gasteiger partial charge on any atom is -0.465 e. The Hall–Kier alpha value is -2.90. The summed E-state index contributed by atoms with van der Waals surface area (Å²) < 4.78 is 63.3. The van der Waals surface area contributed by atoms with Crippen LogP contribution in [-0.2, 0) is 33.8 Å². The number of fused-ring (bicyclic) bond motifs is 1. The molecule has 2 unspecified atom stereocenters. The molecule has 2 heterocycles. The summed E-state index contributed by atoms with van der Waals surface area (Å²) in [7, 11) is 0. The fraction of sp³-hybridized carbons (Fsp3) is 0.318. The van der Waals surface area contributed by atoms with E-state index in [4.69, 9.17) is 9.47 Å². The average molecular weight is 571 g/mol. The molecule has 0 radical (unpaired) electrons. The summed E-state index contributed by atoms with van der Waals surface area (Å²) in [5, 5.41) is 4.30. The first-order valence-electron chi connectivity index (χ1n) is 10.7. The van der Waals surface area contributed by atoms with Gasteiger partial charge in [-0.05, 0) is 66.4 Å². The molecule has 0 amide bonds. The second-order valence-electron chi connectivity index (χ2n) is 7.61. The number of hydrogen-bond acceptors (Lipinski definition) is 6. The van der Waals surface area contributed by atoms with Crippen molar-refractivity contribution in [3.05, 3.63) is 63.9 Å². The molecule has 1 N–H and O–H groups in total. The fourth-order valence-corrected chi connectivity index (χ4v) is 4.91. The lowest BCUT2D eigenvalue weighted by molar-refractivity contribution is -0.144. The van der Waals surface area contributed by atoms with Gasteiger partial charge >= 0.3 is 5.97 Å². The molecule has 1 aromatic carbocycles. The molecule has 1 aliphatic carbocycles. The van der Waals surface area contributed by atoms with E-state index < -0.39 is 34.9 Å². The third-order valence-electron chi connectivity index (χ3n) is 5.40. The number of hydrogen-bond donors (Lipinski definition) is 1. The van der Waals surface area contributed by atoms with Crippen LogP contribution in [0.3, 0.4) is 0 Å². The van der Waals surface area contributed by atoms with Crippen molar-refractivity contribution < 1.29 is 31.8 Å². The summed E-state index contributed by atoms with van der Waals surface area (Å²) in [4.78, 5) is 16.3. The van der Waals surface area contributed by atoms with Crippen LogP contribution in [-0.4, -0.2) is 36.1 Å². The van der Waals surface area contributed by atoms with Crippen LogP contribution < -0.4 is 9.04 Å². The highest BCUT2D eigenvalue weighted by Gasteiger charge is 2.33. The van der Waals surface area contributed by atoms with Crippen molar-refractivity contribution in [3.63, 3.8) is 0 Å². The molecule has 13 heteroatoms.